The van der Waals surface area contributed by atoms with Crippen molar-refractivity contribution in [1.82, 2.24) is 9.97 Å². The predicted molar refractivity (Wildman–Crippen MR) is 105 cm³/mol. The van der Waals surface area contributed by atoms with Crippen LogP contribution in [-0.2, 0) is 0 Å². The van der Waals surface area contributed by atoms with E-state index in [2.05, 4.69) is 46.4 Å². The van der Waals surface area contributed by atoms with Crippen molar-refractivity contribution in [2.45, 2.75) is 15.1 Å². The Balaban J connectivity index is 1.27. The van der Waals surface area contributed by atoms with Gasteiger partial charge in [0.25, 0.3) is 0 Å². The van der Waals surface area contributed by atoms with Crippen LogP contribution in [0.5, 0.6) is 0 Å². The molecule has 0 aliphatic carbocycles. The van der Waals surface area contributed by atoms with E-state index < -0.39 is 0 Å². The Morgan fingerprint density at radius 1 is 0.696 bits per heavy atom. The summed E-state index contributed by atoms with van der Waals surface area (Å²) in [5, 5.41) is 0. The van der Waals surface area contributed by atoms with Crippen LogP contribution in [0.2, 0.25) is 0 Å². The molecule has 0 radical (unpaired) electrons. The highest BCUT2D eigenvalue weighted by atomic mass is 32.2. The zero-order chi connectivity index (χ0) is 15.5. The Labute approximate surface area is 151 Å². The molecular formula is C17H14N2S4. The molecule has 116 valence electrons. The second-order valence-electron chi connectivity index (χ2n) is 4.95. The maximum atomic E-state index is 4.66. The highest BCUT2D eigenvalue weighted by Gasteiger charge is 2.05. The van der Waals surface area contributed by atoms with Crippen molar-refractivity contribution in [2.24, 2.45) is 0 Å². The zero-order valence-electron chi connectivity index (χ0n) is 12.3. The number of rotatable bonds is 6. The number of fused-ring (bicyclic) bond motifs is 2. The molecular weight excluding hydrogens is 360 g/mol. The zero-order valence-corrected chi connectivity index (χ0v) is 15.5. The van der Waals surface area contributed by atoms with Crippen molar-refractivity contribution in [2.75, 3.05) is 11.5 Å². The molecule has 0 aliphatic rings. The fraction of sp³-hybridized carbons (Fsp3) is 0.176. The standard InChI is InChI=1S/C17H14N2S4/c1-3-8-14-12(6-1)18-16(22-14)20-10-5-11-21-17-19-13-7-2-4-9-15(13)23-17/h1-4,6-9H,5,10-11H2. The number of hydrogen-bond acceptors (Lipinski definition) is 6. The number of thioether (sulfide) groups is 2. The maximum Gasteiger partial charge on any atom is 0.151 e. The lowest BCUT2D eigenvalue weighted by molar-refractivity contribution is 1.11. The Hall–Kier alpha value is -1.08. The van der Waals surface area contributed by atoms with Gasteiger partial charge in [0.2, 0.25) is 0 Å². The lowest BCUT2D eigenvalue weighted by atomic mass is 10.3. The van der Waals surface area contributed by atoms with Crippen LogP contribution in [0.25, 0.3) is 20.4 Å². The molecule has 2 nitrogen and oxygen atoms in total. The van der Waals surface area contributed by atoms with E-state index >= 15 is 0 Å². The molecule has 0 saturated carbocycles. The normalized spacial score (nSPS) is 11.5. The average molecular weight is 375 g/mol. The molecule has 0 amide bonds. The van der Waals surface area contributed by atoms with Gasteiger partial charge in [0.1, 0.15) is 0 Å². The van der Waals surface area contributed by atoms with Crippen LogP contribution in [0.15, 0.2) is 57.2 Å². The van der Waals surface area contributed by atoms with Crippen molar-refractivity contribution in [1.29, 1.82) is 0 Å². The predicted octanol–water partition coefficient (Wildman–Crippen LogP) is 6.18. The number of benzene rings is 2. The first kappa shape index (κ1) is 15.4. The van der Waals surface area contributed by atoms with Gasteiger partial charge < -0.3 is 0 Å². The van der Waals surface area contributed by atoms with E-state index in [0.717, 1.165) is 22.5 Å². The van der Waals surface area contributed by atoms with E-state index in [0.29, 0.717) is 0 Å². The van der Waals surface area contributed by atoms with Crippen molar-refractivity contribution in [3.05, 3.63) is 48.5 Å². The SMILES string of the molecule is c1ccc2sc(SCCCSc3nc4ccccc4s3)nc2c1. The minimum atomic E-state index is 1.11. The van der Waals surface area contributed by atoms with Gasteiger partial charge in [-0.05, 0) is 30.7 Å². The van der Waals surface area contributed by atoms with Crippen LogP contribution in [0.1, 0.15) is 6.42 Å². The van der Waals surface area contributed by atoms with Crippen molar-refractivity contribution < 1.29 is 0 Å². The minimum Gasteiger partial charge on any atom is -0.230 e. The molecule has 0 bridgehead atoms. The first-order valence-corrected chi connectivity index (χ1v) is 11.0. The van der Waals surface area contributed by atoms with Crippen molar-refractivity contribution >= 4 is 66.6 Å². The number of para-hydroxylation sites is 2. The molecule has 0 aliphatic heterocycles. The van der Waals surface area contributed by atoms with E-state index in [1.807, 2.05) is 35.7 Å². The molecule has 4 rings (SSSR count). The summed E-state index contributed by atoms with van der Waals surface area (Å²) in [5.74, 6) is 2.22. The van der Waals surface area contributed by atoms with Crippen LogP contribution in [-0.4, -0.2) is 21.5 Å². The quantitative estimate of drug-likeness (QED) is 0.297. The third kappa shape index (κ3) is 3.71. The van der Waals surface area contributed by atoms with E-state index in [-0.39, 0.29) is 0 Å². The summed E-state index contributed by atoms with van der Waals surface area (Å²) in [6.45, 7) is 0. The molecule has 0 atom stereocenters. The van der Waals surface area contributed by atoms with Gasteiger partial charge in [0.15, 0.2) is 8.68 Å². The molecule has 2 heterocycles. The summed E-state index contributed by atoms with van der Waals surface area (Å²) >= 11 is 7.31. The van der Waals surface area contributed by atoms with Crippen LogP contribution in [0.3, 0.4) is 0 Å². The summed E-state index contributed by atoms with van der Waals surface area (Å²) in [4.78, 5) is 9.32. The first-order valence-electron chi connectivity index (χ1n) is 7.35. The molecule has 0 fully saturated rings. The van der Waals surface area contributed by atoms with E-state index in [1.54, 1.807) is 22.7 Å². The highest BCUT2D eigenvalue weighted by molar-refractivity contribution is 8.02. The molecule has 4 aromatic rings. The Morgan fingerprint density at radius 2 is 1.17 bits per heavy atom. The molecule has 0 N–H and O–H groups in total. The van der Waals surface area contributed by atoms with Crippen LogP contribution in [0, 0.1) is 0 Å². The lowest BCUT2D eigenvalue weighted by Gasteiger charge is -1.97. The Kier molecular flexibility index (Phi) is 4.85. The molecule has 0 saturated heterocycles. The van der Waals surface area contributed by atoms with Gasteiger partial charge >= 0.3 is 0 Å². The number of nitrogens with zero attached hydrogens (tertiary/aromatic N) is 2. The topological polar surface area (TPSA) is 25.8 Å². The van der Waals surface area contributed by atoms with Gasteiger partial charge in [0, 0.05) is 11.5 Å². The van der Waals surface area contributed by atoms with Gasteiger partial charge in [0.05, 0.1) is 20.4 Å². The average Bonchev–Trinajstić information content (AvgIpc) is 3.17. The molecule has 0 unspecified atom stereocenters. The molecule has 0 spiro atoms. The fourth-order valence-corrected chi connectivity index (χ4v) is 6.54. The number of aromatic nitrogens is 2. The minimum absolute atomic E-state index is 1.11. The van der Waals surface area contributed by atoms with Crippen LogP contribution >= 0.6 is 46.2 Å². The third-order valence-electron chi connectivity index (χ3n) is 3.29. The van der Waals surface area contributed by atoms with E-state index in [1.165, 1.54) is 24.5 Å². The van der Waals surface area contributed by atoms with Crippen LogP contribution in [0.4, 0.5) is 0 Å². The van der Waals surface area contributed by atoms with Crippen molar-refractivity contribution in [3.63, 3.8) is 0 Å². The molecule has 2 aromatic carbocycles. The Bertz CT molecular complexity index is 786. The van der Waals surface area contributed by atoms with Crippen molar-refractivity contribution in [3.8, 4) is 0 Å². The van der Waals surface area contributed by atoms with Gasteiger partial charge in [-0.3, -0.25) is 0 Å². The van der Waals surface area contributed by atoms with Gasteiger partial charge in [-0.1, -0.05) is 47.8 Å². The smallest absolute Gasteiger partial charge is 0.151 e. The monoisotopic (exact) mass is 374 g/mol. The summed E-state index contributed by atoms with van der Waals surface area (Å²) in [5.41, 5.74) is 2.23. The lowest BCUT2D eigenvalue weighted by Crippen LogP contribution is -1.83. The van der Waals surface area contributed by atoms with Gasteiger partial charge in [-0.25, -0.2) is 9.97 Å². The second-order valence-corrected chi connectivity index (χ2v) is 9.69. The van der Waals surface area contributed by atoms with E-state index in [4.69, 9.17) is 0 Å². The third-order valence-corrected chi connectivity index (χ3v) is 7.82. The number of thiazole rings is 2. The maximum absolute atomic E-state index is 4.66. The largest absolute Gasteiger partial charge is 0.230 e. The summed E-state index contributed by atoms with van der Waals surface area (Å²) in [6, 6.07) is 16.7. The summed E-state index contributed by atoms with van der Waals surface area (Å²) in [6.07, 6.45) is 1.17. The molecule has 23 heavy (non-hydrogen) atoms. The molecule has 6 heteroatoms. The Morgan fingerprint density at radius 3 is 1.65 bits per heavy atom. The summed E-state index contributed by atoms with van der Waals surface area (Å²) < 4.78 is 4.91. The summed E-state index contributed by atoms with van der Waals surface area (Å²) in [7, 11) is 0. The second kappa shape index (κ2) is 7.21. The molecule has 2 aromatic heterocycles. The number of hydrogen-bond donors (Lipinski definition) is 0. The van der Waals surface area contributed by atoms with Gasteiger partial charge in [-0.2, -0.15) is 0 Å². The highest BCUT2D eigenvalue weighted by Crippen LogP contribution is 2.32. The van der Waals surface area contributed by atoms with Gasteiger partial charge in [-0.15, -0.1) is 22.7 Å². The fourth-order valence-electron chi connectivity index (χ4n) is 2.20. The first-order chi connectivity index (χ1) is 11.4. The van der Waals surface area contributed by atoms with E-state index in [9.17, 15) is 0 Å². The van der Waals surface area contributed by atoms with Crippen LogP contribution < -0.4 is 0 Å².